The Morgan fingerprint density at radius 2 is 1.95 bits per heavy atom. The quantitative estimate of drug-likeness (QED) is 0.789. The van der Waals surface area contributed by atoms with Crippen molar-refractivity contribution in [2.45, 2.75) is 38.1 Å². The van der Waals surface area contributed by atoms with E-state index in [1.165, 1.54) is 13.2 Å². The maximum Gasteiger partial charge on any atom is 0.240 e. The number of anilines is 1. The lowest BCUT2D eigenvalue weighted by Gasteiger charge is -2.17. The molecule has 3 N–H and O–H groups in total. The van der Waals surface area contributed by atoms with E-state index in [1.807, 2.05) is 13.8 Å². The molecule has 0 spiro atoms. The highest BCUT2D eigenvalue weighted by atomic mass is 32.2. The molecule has 0 aliphatic carbocycles. The second kappa shape index (κ2) is 6.41. The summed E-state index contributed by atoms with van der Waals surface area (Å²) in [6.07, 6.45) is 0.688. The Balaban J connectivity index is 3.04. The van der Waals surface area contributed by atoms with Crippen LogP contribution in [-0.2, 0) is 10.0 Å². The van der Waals surface area contributed by atoms with Gasteiger partial charge in [0.1, 0.15) is 0 Å². The van der Waals surface area contributed by atoms with Crippen molar-refractivity contribution in [3.05, 3.63) is 17.9 Å². The van der Waals surface area contributed by atoms with Crippen LogP contribution in [0.25, 0.3) is 0 Å². The molecule has 0 amide bonds. The normalized spacial score (nSPS) is 13.5. The predicted octanol–water partition coefficient (Wildman–Crippen LogP) is 2.13. The number of benzene rings is 1. The monoisotopic (exact) mass is 304 g/mol. The number of hydrogen-bond acceptors (Lipinski definition) is 4. The number of nitrogens with one attached hydrogen (secondary N) is 1. The molecule has 0 bridgehead atoms. The van der Waals surface area contributed by atoms with E-state index in [9.17, 15) is 12.8 Å². The average Bonchev–Trinajstić information content (AvgIpc) is 2.26. The van der Waals surface area contributed by atoms with E-state index in [-0.39, 0.29) is 22.4 Å². The summed E-state index contributed by atoms with van der Waals surface area (Å²) in [5, 5.41) is 0. The fourth-order valence-electron chi connectivity index (χ4n) is 2.05. The zero-order valence-electron chi connectivity index (χ0n) is 12.1. The predicted molar refractivity (Wildman–Crippen MR) is 76.6 cm³/mol. The largest absolute Gasteiger partial charge is 0.492 e. The van der Waals surface area contributed by atoms with Crippen LogP contribution in [0, 0.1) is 11.7 Å². The van der Waals surface area contributed by atoms with E-state index in [2.05, 4.69) is 4.72 Å². The number of ether oxygens (including phenoxy) is 1. The fraction of sp³-hybridized carbons (Fsp3) is 0.538. The van der Waals surface area contributed by atoms with Crippen molar-refractivity contribution in [3.63, 3.8) is 0 Å². The molecular formula is C13H21FN2O3S. The fourth-order valence-corrected chi connectivity index (χ4v) is 3.35. The molecule has 0 saturated heterocycles. The van der Waals surface area contributed by atoms with E-state index >= 15 is 0 Å². The third-order valence-corrected chi connectivity index (χ3v) is 4.31. The molecule has 0 aromatic heterocycles. The minimum Gasteiger partial charge on any atom is -0.492 e. The molecule has 0 radical (unpaired) electrons. The van der Waals surface area contributed by atoms with Crippen LogP contribution < -0.4 is 15.2 Å². The second-order valence-corrected chi connectivity index (χ2v) is 6.89. The molecule has 0 aliphatic rings. The number of halogens is 1. The van der Waals surface area contributed by atoms with E-state index in [0.29, 0.717) is 12.3 Å². The summed E-state index contributed by atoms with van der Waals surface area (Å²) in [7, 11) is -2.53. The van der Waals surface area contributed by atoms with E-state index in [0.717, 1.165) is 6.07 Å². The highest BCUT2D eigenvalue weighted by Gasteiger charge is 2.21. The van der Waals surface area contributed by atoms with Crippen LogP contribution in [0.15, 0.2) is 17.0 Å². The SMILES string of the molecule is COc1c(N)cc(S(=O)(=O)NC(C)CC(C)C)cc1F. The summed E-state index contributed by atoms with van der Waals surface area (Å²) in [5.41, 5.74) is 5.53. The van der Waals surface area contributed by atoms with Crippen molar-refractivity contribution in [2.24, 2.45) is 5.92 Å². The van der Waals surface area contributed by atoms with Crippen LogP contribution in [0.2, 0.25) is 0 Å². The number of rotatable bonds is 6. The zero-order chi connectivity index (χ0) is 15.5. The Morgan fingerprint density at radius 3 is 2.40 bits per heavy atom. The maximum absolute atomic E-state index is 13.7. The first-order valence-electron chi connectivity index (χ1n) is 6.32. The molecule has 0 aliphatic heterocycles. The molecule has 1 atom stereocenters. The summed E-state index contributed by atoms with van der Waals surface area (Å²) in [4.78, 5) is -0.205. The van der Waals surface area contributed by atoms with Crippen LogP contribution in [0.5, 0.6) is 5.75 Å². The van der Waals surface area contributed by atoms with Crippen LogP contribution in [0.1, 0.15) is 27.2 Å². The third kappa shape index (κ3) is 4.08. The van der Waals surface area contributed by atoms with Gasteiger partial charge in [0.25, 0.3) is 0 Å². The van der Waals surface area contributed by atoms with Crippen molar-refractivity contribution < 1.29 is 17.5 Å². The van der Waals surface area contributed by atoms with Gasteiger partial charge in [0.15, 0.2) is 11.6 Å². The molecule has 0 saturated carbocycles. The molecule has 1 aromatic rings. The van der Waals surface area contributed by atoms with Gasteiger partial charge in [-0.25, -0.2) is 17.5 Å². The van der Waals surface area contributed by atoms with Crippen molar-refractivity contribution in [3.8, 4) is 5.75 Å². The van der Waals surface area contributed by atoms with Gasteiger partial charge in [-0.1, -0.05) is 13.8 Å². The average molecular weight is 304 g/mol. The number of nitrogens with two attached hydrogens (primary N) is 1. The first-order valence-corrected chi connectivity index (χ1v) is 7.81. The minimum absolute atomic E-state index is 0.0515. The standard InChI is InChI=1S/C13H21FN2O3S/c1-8(2)5-9(3)16-20(17,18)10-6-11(14)13(19-4)12(15)7-10/h6-9,16H,5,15H2,1-4H3. The van der Waals surface area contributed by atoms with Gasteiger partial charge in [0.05, 0.1) is 17.7 Å². The van der Waals surface area contributed by atoms with Gasteiger partial charge < -0.3 is 10.5 Å². The highest BCUT2D eigenvalue weighted by molar-refractivity contribution is 7.89. The summed E-state index contributed by atoms with van der Waals surface area (Å²) in [5.74, 6) is -0.603. The van der Waals surface area contributed by atoms with Gasteiger partial charge in [0, 0.05) is 6.04 Å². The highest BCUT2D eigenvalue weighted by Crippen LogP contribution is 2.28. The smallest absolute Gasteiger partial charge is 0.240 e. The Morgan fingerprint density at radius 1 is 1.35 bits per heavy atom. The topological polar surface area (TPSA) is 81.4 Å². The van der Waals surface area contributed by atoms with Gasteiger partial charge >= 0.3 is 0 Å². The van der Waals surface area contributed by atoms with Gasteiger partial charge in [-0.15, -0.1) is 0 Å². The van der Waals surface area contributed by atoms with Gasteiger partial charge in [-0.2, -0.15) is 0 Å². The molecule has 1 aromatic carbocycles. The van der Waals surface area contributed by atoms with Crippen molar-refractivity contribution in [2.75, 3.05) is 12.8 Å². The Hall–Kier alpha value is -1.34. The molecule has 1 rings (SSSR count). The molecule has 0 heterocycles. The number of hydrogen-bond donors (Lipinski definition) is 2. The number of methoxy groups -OCH3 is 1. The Bertz CT molecular complexity index is 550. The molecule has 1 unspecified atom stereocenters. The van der Waals surface area contributed by atoms with E-state index in [1.54, 1.807) is 6.92 Å². The van der Waals surface area contributed by atoms with Crippen molar-refractivity contribution in [1.29, 1.82) is 0 Å². The lowest BCUT2D eigenvalue weighted by molar-refractivity contribution is 0.388. The lowest BCUT2D eigenvalue weighted by atomic mass is 10.1. The zero-order valence-corrected chi connectivity index (χ0v) is 12.9. The Labute approximate surface area is 119 Å². The molecule has 0 fully saturated rings. The minimum atomic E-state index is -3.80. The van der Waals surface area contributed by atoms with Crippen LogP contribution in [0.4, 0.5) is 10.1 Å². The second-order valence-electron chi connectivity index (χ2n) is 5.18. The van der Waals surface area contributed by atoms with Gasteiger partial charge in [-0.05, 0) is 31.4 Å². The molecule has 20 heavy (non-hydrogen) atoms. The van der Waals surface area contributed by atoms with Gasteiger partial charge in [-0.3, -0.25) is 0 Å². The van der Waals surface area contributed by atoms with Crippen molar-refractivity contribution >= 4 is 15.7 Å². The number of nitrogen functional groups attached to an aromatic ring is 1. The number of sulfonamides is 1. The van der Waals surface area contributed by atoms with E-state index < -0.39 is 15.8 Å². The van der Waals surface area contributed by atoms with Crippen LogP contribution in [-0.4, -0.2) is 21.6 Å². The summed E-state index contributed by atoms with van der Waals surface area (Å²) < 4.78 is 45.3. The lowest BCUT2D eigenvalue weighted by Crippen LogP contribution is -2.33. The van der Waals surface area contributed by atoms with Crippen LogP contribution >= 0.6 is 0 Å². The van der Waals surface area contributed by atoms with Gasteiger partial charge in [0.2, 0.25) is 10.0 Å². The summed E-state index contributed by atoms with van der Waals surface area (Å²) in [6.45, 7) is 5.76. The van der Waals surface area contributed by atoms with E-state index in [4.69, 9.17) is 10.5 Å². The third-order valence-electron chi connectivity index (χ3n) is 2.74. The summed E-state index contributed by atoms with van der Waals surface area (Å²) in [6, 6.07) is 1.85. The first kappa shape index (κ1) is 16.7. The van der Waals surface area contributed by atoms with Crippen molar-refractivity contribution in [1.82, 2.24) is 4.72 Å². The maximum atomic E-state index is 13.7. The molecule has 114 valence electrons. The molecule has 7 heteroatoms. The first-order chi connectivity index (χ1) is 9.17. The Kier molecular flexibility index (Phi) is 5.35. The molecular weight excluding hydrogens is 283 g/mol. The van der Waals surface area contributed by atoms with Crippen LogP contribution in [0.3, 0.4) is 0 Å². The summed E-state index contributed by atoms with van der Waals surface area (Å²) >= 11 is 0. The molecule has 5 nitrogen and oxygen atoms in total.